The Labute approximate surface area is 136 Å². The van der Waals surface area contributed by atoms with E-state index in [4.69, 9.17) is 4.74 Å². The van der Waals surface area contributed by atoms with Crippen molar-refractivity contribution in [3.63, 3.8) is 0 Å². The van der Waals surface area contributed by atoms with Gasteiger partial charge in [0.05, 0.1) is 6.61 Å². The van der Waals surface area contributed by atoms with E-state index in [0.29, 0.717) is 0 Å². The number of nitrogens with zero attached hydrogens (tertiary/aromatic N) is 2. The second-order valence-corrected chi connectivity index (χ2v) is 5.93. The average molecular weight is 310 g/mol. The summed E-state index contributed by atoms with van der Waals surface area (Å²) in [4.78, 5) is 6.57. The number of nitrogens with one attached hydrogen (secondary N) is 2. The zero-order valence-corrected chi connectivity index (χ0v) is 14.7. The van der Waals surface area contributed by atoms with Crippen LogP contribution >= 0.6 is 0 Å². The highest BCUT2D eigenvalue weighted by Crippen LogP contribution is 2.19. The Hall–Kier alpha value is -1.07. The Morgan fingerprint density at radius 2 is 2.09 bits per heavy atom. The van der Waals surface area contributed by atoms with Crippen LogP contribution < -0.4 is 10.6 Å². The van der Waals surface area contributed by atoms with E-state index in [0.717, 1.165) is 51.6 Å². The summed E-state index contributed by atoms with van der Waals surface area (Å²) < 4.78 is 5.08. The van der Waals surface area contributed by atoms with E-state index in [-0.39, 0.29) is 0 Å². The van der Waals surface area contributed by atoms with Gasteiger partial charge in [-0.15, -0.1) is 0 Å². The van der Waals surface area contributed by atoms with Gasteiger partial charge in [0.2, 0.25) is 0 Å². The third-order valence-electron chi connectivity index (χ3n) is 4.03. The van der Waals surface area contributed by atoms with Gasteiger partial charge in [0.25, 0.3) is 0 Å². The van der Waals surface area contributed by atoms with Crippen molar-refractivity contribution < 1.29 is 4.74 Å². The minimum atomic E-state index is 0.795. The molecule has 0 amide bonds. The van der Waals surface area contributed by atoms with Crippen LogP contribution in [0.5, 0.6) is 0 Å². The fourth-order valence-electron chi connectivity index (χ4n) is 2.61. The van der Waals surface area contributed by atoms with Crippen LogP contribution in [0.1, 0.15) is 38.5 Å². The fraction of sp³-hybridized carbons (Fsp3) is 0.824. The summed E-state index contributed by atoms with van der Waals surface area (Å²) in [6.45, 7) is 4.76. The number of rotatable bonds is 10. The minimum absolute atomic E-state index is 0.795. The van der Waals surface area contributed by atoms with Crippen LogP contribution in [0.15, 0.2) is 16.6 Å². The van der Waals surface area contributed by atoms with E-state index >= 15 is 0 Å². The molecule has 0 heterocycles. The molecule has 0 aromatic heterocycles. The number of methoxy groups -OCH3 is 1. The first-order valence-electron chi connectivity index (χ1n) is 8.56. The molecule has 22 heavy (non-hydrogen) atoms. The van der Waals surface area contributed by atoms with E-state index in [1.807, 2.05) is 7.05 Å². The first-order valence-corrected chi connectivity index (χ1v) is 8.56. The number of likely N-dealkylation sites (N-methyl/N-ethyl adjacent to an activating group) is 1. The maximum atomic E-state index is 5.08. The average Bonchev–Trinajstić information content (AvgIpc) is 2.56. The van der Waals surface area contributed by atoms with E-state index in [1.54, 1.807) is 12.7 Å². The quantitative estimate of drug-likeness (QED) is 0.280. The molecule has 0 aliphatic heterocycles. The molecule has 0 unspecified atom stereocenters. The van der Waals surface area contributed by atoms with Crippen molar-refractivity contribution in [2.24, 2.45) is 4.99 Å². The summed E-state index contributed by atoms with van der Waals surface area (Å²) >= 11 is 0. The number of ether oxygens (including phenoxy) is 1. The monoisotopic (exact) mass is 310 g/mol. The first-order chi connectivity index (χ1) is 10.8. The molecular weight excluding hydrogens is 276 g/mol. The minimum Gasteiger partial charge on any atom is -0.383 e. The topological polar surface area (TPSA) is 48.9 Å². The lowest BCUT2D eigenvalue weighted by Gasteiger charge is -2.17. The lowest BCUT2D eigenvalue weighted by molar-refractivity contribution is 0.161. The molecule has 0 saturated heterocycles. The van der Waals surface area contributed by atoms with Crippen molar-refractivity contribution in [2.75, 3.05) is 54.0 Å². The van der Waals surface area contributed by atoms with Gasteiger partial charge in [-0.3, -0.25) is 4.99 Å². The zero-order chi connectivity index (χ0) is 16.0. The molecule has 0 saturated carbocycles. The highest BCUT2D eigenvalue weighted by molar-refractivity contribution is 5.79. The number of guanidine groups is 1. The molecule has 1 rings (SSSR count). The predicted octanol–water partition coefficient (Wildman–Crippen LogP) is 2.01. The summed E-state index contributed by atoms with van der Waals surface area (Å²) in [5, 5.41) is 6.78. The van der Waals surface area contributed by atoms with Crippen molar-refractivity contribution in [3.8, 4) is 0 Å². The summed E-state index contributed by atoms with van der Waals surface area (Å²) in [5.41, 5.74) is 1.61. The first kappa shape index (κ1) is 19.0. The molecule has 0 fully saturated rings. The molecule has 5 nitrogen and oxygen atoms in total. The third-order valence-corrected chi connectivity index (χ3v) is 4.03. The highest BCUT2D eigenvalue weighted by Gasteiger charge is 2.04. The second-order valence-electron chi connectivity index (χ2n) is 5.93. The van der Waals surface area contributed by atoms with Gasteiger partial charge in [-0.2, -0.15) is 0 Å². The Kier molecular flexibility index (Phi) is 10.8. The molecule has 0 aromatic rings. The summed E-state index contributed by atoms with van der Waals surface area (Å²) in [7, 11) is 5.71. The van der Waals surface area contributed by atoms with Crippen LogP contribution in [-0.2, 0) is 4.74 Å². The maximum Gasteiger partial charge on any atom is 0.190 e. The van der Waals surface area contributed by atoms with Gasteiger partial charge in [-0.05, 0) is 52.1 Å². The number of hydrogen-bond donors (Lipinski definition) is 2. The van der Waals surface area contributed by atoms with E-state index in [9.17, 15) is 0 Å². The van der Waals surface area contributed by atoms with Crippen molar-refractivity contribution in [2.45, 2.75) is 38.5 Å². The van der Waals surface area contributed by atoms with Gasteiger partial charge in [-0.25, -0.2) is 0 Å². The van der Waals surface area contributed by atoms with Gasteiger partial charge < -0.3 is 20.3 Å². The zero-order valence-electron chi connectivity index (χ0n) is 14.7. The van der Waals surface area contributed by atoms with E-state index in [1.165, 1.54) is 25.7 Å². The molecule has 1 aliphatic rings. The van der Waals surface area contributed by atoms with Crippen molar-refractivity contribution >= 4 is 5.96 Å². The molecule has 2 N–H and O–H groups in total. The number of aliphatic imine (C=N–C) groups is 1. The standard InChI is InChI=1S/C17H34N4O/c1-18-17(19-11-7-13-21(2)14-15-22-3)20-12-10-16-8-5-4-6-9-16/h8H,4-7,9-15H2,1-3H3,(H2,18,19,20). The molecular formula is C17H34N4O. The van der Waals surface area contributed by atoms with Gasteiger partial charge in [0, 0.05) is 33.8 Å². The summed E-state index contributed by atoms with van der Waals surface area (Å²) in [6.07, 6.45) is 9.92. The normalized spacial score (nSPS) is 15.8. The van der Waals surface area contributed by atoms with Gasteiger partial charge in [-0.1, -0.05) is 11.6 Å². The van der Waals surface area contributed by atoms with Crippen LogP contribution in [0.3, 0.4) is 0 Å². The number of allylic oxidation sites excluding steroid dienone is 1. The van der Waals surface area contributed by atoms with Crippen LogP contribution in [0.2, 0.25) is 0 Å². The highest BCUT2D eigenvalue weighted by atomic mass is 16.5. The lowest BCUT2D eigenvalue weighted by Crippen LogP contribution is -2.39. The van der Waals surface area contributed by atoms with Crippen LogP contribution in [0, 0.1) is 0 Å². The SMILES string of the molecule is CN=C(NCCCN(C)CCOC)NCCC1=CCCCC1. The molecule has 1 aliphatic carbocycles. The van der Waals surface area contributed by atoms with Crippen molar-refractivity contribution in [1.82, 2.24) is 15.5 Å². The molecule has 5 heteroatoms. The van der Waals surface area contributed by atoms with Crippen molar-refractivity contribution in [3.05, 3.63) is 11.6 Å². The Bertz CT molecular complexity index is 342. The molecule has 0 bridgehead atoms. The second kappa shape index (κ2) is 12.5. The summed E-state index contributed by atoms with van der Waals surface area (Å²) in [6, 6.07) is 0. The predicted molar refractivity (Wildman–Crippen MR) is 94.5 cm³/mol. The Balaban J connectivity index is 2.06. The van der Waals surface area contributed by atoms with Gasteiger partial charge in [0.15, 0.2) is 5.96 Å². The van der Waals surface area contributed by atoms with Crippen LogP contribution in [0.4, 0.5) is 0 Å². The lowest BCUT2D eigenvalue weighted by atomic mass is 9.97. The van der Waals surface area contributed by atoms with Crippen LogP contribution in [-0.4, -0.2) is 64.9 Å². The van der Waals surface area contributed by atoms with E-state index in [2.05, 4.69) is 33.6 Å². The van der Waals surface area contributed by atoms with E-state index < -0.39 is 0 Å². The molecule has 0 aromatic carbocycles. The third kappa shape index (κ3) is 9.05. The Morgan fingerprint density at radius 3 is 2.77 bits per heavy atom. The largest absolute Gasteiger partial charge is 0.383 e. The molecule has 0 atom stereocenters. The maximum absolute atomic E-state index is 5.08. The van der Waals surface area contributed by atoms with Crippen LogP contribution in [0.25, 0.3) is 0 Å². The van der Waals surface area contributed by atoms with Crippen molar-refractivity contribution in [1.29, 1.82) is 0 Å². The molecule has 0 radical (unpaired) electrons. The smallest absolute Gasteiger partial charge is 0.190 e. The molecule has 128 valence electrons. The number of hydrogen-bond acceptors (Lipinski definition) is 3. The summed E-state index contributed by atoms with van der Waals surface area (Å²) in [5.74, 6) is 0.913. The van der Waals surface area contributed by atoms with Gasteiger partial charge >= 0.3 is 0 Å². The fourth-order valence-corrected chi connectivity index (χ4v) is 2.61. The Morgan fingerprint density at radius 1 is 1.27 bits per heavy atom. The van der Waals surface area contributed by atoms with Gasteiger partial charge in [0.1, 0.15) is 0 Å². The molecule has 0 spiro atoms.